The third kappa shape index (κ3) is 1.60. The number of nitrogen functional groups attached to an aromatic ring is 1. The third-order valence-corrected chi connectivity index (χ3v) is 3.79. The lowest BCUT2D eigenvalue weighted by Crippen LogP contribution is -2.32. The summed E-state index contributed by atoms with van der Waals surface area (Å²) in [6.45, 7) is 1.01. The fourth-order valence-corrected chi connectivity index (χ4v) is 2.98. The van der Waals surface area contributed by atoms with Crippen molar-refractivity contribution in [1.29, 1.82) is 0 Å². The van der Waals surface area contributed by atoms with Gasteiger partial charge in [0.15, 0.2) is 0 Å². The van der Waals surface area contributed by atoms with Gasteiger partial charge in [0.1, 0.15) is 5.82 Å². The molecule has 1 aromatic heterocycles. The van der Waals surface area contributed by atoms with Gasteiger partial charge >= 0.3 is 5.69 Å². The molecule has 2 N–H and O–H groups in total. The Bertz CT molecular complexity index is 477. The number of anilines is 2. The highest BCUT2D eigenvalue weighted by Gasteiger charge is 2.38. The first kappa shape index (κ1) is 10.3. The van der Waals surface area contributed by atoms with Gasteiger partial charge in [-0.1, -0.05) is 0 Å². The Morgan fingerprint density at radius 3 is 2.82 bits per heavy atom. The van der Waals surface area contributed by atoms with Crippen molar-refractivity contribution in [2.75, 3.05) is 17.2 Å². The number of hydrogen-bond acceptors (Lipinski definition) is 5. The number of fused-ring (bicyclic) bond motifs is 2. The van der Waals surface area contributed by atoms with E-state index in [1.54, 1.807) is 6.07 Å². The zero-order valence-corrected chi connectivity index (χ0v) is 9.37. The van der Waals surface area contributed by atoms with Gasteiger partial charge in [0.25, 0.3) is 0 Å². The van der Waals surface area contributed by atoms with Crippen LogP contribution in [0.25, 0.3) is 0 Å². The highest BCUT2D eigenvalue weighted by molar-refractivity contribution is 5.58. The van der Waals surface area contributed by atoms with E-state index in [1.165, 1.54) is 25.3 Å². The van der Waals surface area contributed by atoms with E-state index in [2.05, 4.69) is 9.88 Å². The predicted molar refractivity (Wildman–Crippen MR) is 63.8 cm³/mol. The molecule has 1 saturated carbocycles. The van der Waals surface area contributed by atoms with Gasteiger partial charge in [-0.3, -0.25) is 10.1 Å². The maximum atomic E-state index is 10.7. The van der Waals surface area contributed by atoms with Crippen molar-refractivity contribution in [3.63, 3.8) is 0 Å². The first-order valence-corrected chi connectivity index (χ1v) is 5.82. The SMILES string of the molecule is Nc1nc(N2CC3CCC2C3)ccc1[N+](=O)[O-]. The summed E-state index contributed by atoms with van der Waals surface area (Å²) in [5.74, 6) is 1.55. The highest BCUT2D eigenvalue weighted by Crippen LogP contribution is 2.40. The van der Waals surface area contributed by atoms with Crippen LogP contribution in [-0.2, 0) is 0 Å². The smallest absolute Gasteiger partial charge is 0.311 e. The number of hydrogen-bond donors (Lipinski definition) is 1. The van der Waals surface area contributed by atoms with Gasteiger partial charge in [-0.15, -0.1) is 0 Å². The maximum absolute atomic E-state index is 10.7. The second-order valence-electron chi connectivity index (χ2n) is 4.82. The number of nitro groups is 1. The molecular weight excluding hydrogens is 220 g/mol. The molecule has 3 rings (SSSR count). The van der Waals surface area contributed by atoms with Crippen LogP contribution in [0.3, 0.4) is 0 Å². The molecule has 0 spiro atoms. The Morgan fingerprint density at radius 2 is 2.29 bits per heavy atom. The minimum Gasteiger partial charge on any atom is -0.378 e. The van der Waals surface area contributed by atoms with Crippen LogP contribution in [0.5, 0.6) is 0 Å². The van der Waals surface area contributed by atoms with Crippen molar-refractivity contribution in [3.05, 3.63) is 22.2 Å². The molecule has 0 amide bonds. The summed E-state index contributed by atoms with van der Waals surface area (Å²) < 4.78 is 0. The molecule has 6 heteroatoms. The van der Waals surface area contributed by atoms with E-state index in [0.29, 0.717) is 6.04 Å². The van der Waals surface area contributed by atoms with Crippen LogP contribution in [0.2, 0.25) is 0 Å². The maximum Gasteiger partial charge on any atom is 0.311 e. The van der Waals surface area contributed by atoms with E-state index in [-0.39, 0.29) is 11.5 Å². The number of aromatic nitrogens is 1. The summed E-state index contributed by atoms with van der Waals surface area (Å²) in [4.78, 5) is 16.5. The van der Waals surface area contributed by atoms with Crippen LogP contribution in [0.1, 0.15) is 19.3 Å². The minimum absolute atomic E-state index is 0.00951. The second-order valence-corrected chi connectivity index (χ2v) is 4.82. The Morgan fingerprint density at radius 1 is 1.47 bits per heavy atom. The fourth-order valence-electron chi connectivity index (χ4n) is 2.98. The molecule has 90 valence electrons. The summed E-state index contributed by atoms with van der Waals surface area (Å²) in [7, 11) is 0. The Hall–Kier alpha value is -1.85. The summed E-state index contributed by atoms with van der Waals surface area (Å²) >= 11 is 0. The summed E-state index contributed by atoms with van der Waals surface area (Å²) in [6, 6.07) is 3.70. The van der Waals surface area contributed by atoms with Gasteiger partial charge in [-0.2, -0.15) is 0 Å². The number of pyridine rings is 1. The molecule has 0 radical (unpaired) electrons. The Balaban J connectivity index is 1.89. The van der Waals surface area contributed by atoms with Crippen LogP contribution in [0.15, 0.2) is 12.1 Å². The summed E-state index contributed by atoms with van der Waals surface area (Å²) in [5.41, 5.74) is 5.50. The molecule has 2 heterocycles. The normalized spacial score (nSPS) is 26.5. The van der Waals surface area contributed by atoms with Crippen molar-refractivity contribution >= 4 is 17.3 Å². The lowest BCUT2D eigenvalue weighted by molar-refractivity contribution is -0.384. The van der Waals surface area contributed by atoms with E-state index in [0.717, 1.165) is 18.3 Å². The van der Waals surface area contributed by atoms with Crippen molar-refractivity contribution in [1.82, 2.24) is 4.98 Å². The fraction of sp³-hybridized carbons (Fsp3) is 0.545. The quantitative estimate of drug-likeness (QED) is 0.620. The van der Waals surface area contributed by atoms with Gasteiger partial charge in [0, 0.05) is 18.7 Å². The van der Waals surface area contributed by atoms with Gasteiger partial charge in [-0.25, -0.2) is 4.98 Å². The van der Waals surface area contributed by atoms with E-state index in [4.69, 9.17) is 5.73 Å². The lowest BCUT2D eigenvalue weighted by Gasteiger charge is -2.27. The van der Waals surface area contributed by atoms with Crippen LogP contribution >= 0.6 is 0 Å². The number of nitrogens with two attached hydrogens (primary N) is 1. The molecule has 2 atom stereocenters. The monoisotopic (exact) mass is 234 g/mol. The summed E-state index contributed by atoms with van der Waals surface area (Å²) in [6.07, 6.45) is 3.71. The minimum atomic E-state index is -0.498. The van der Waals surface area contributed by atoms with Gasteiger partial charge in [0.2, 0.25) is 5.82 Å². The average molecular weight is 234 g/mol. The third-order valence-electron chi connectivity index (χ3n) is 3.79. The van der Waals surface area contributed by atoms with Gasteiger partial charge < -0.3 is 10.6 Å². The van der Waals surface area contributed by atoms with Crippen molar-refractivity contribution < 1.29 is 4.92 Å². The van der Waals surface area contributed by atoms with Crippen molar-refractivity contribution in [2.45, 2.75) is 25.3 Å². The number of rotatable bonds is 2. The molecular formula is C11H14N4O2. The molecule has 1 aromatic rings. The standard InChI is InChI=1S/C11H14N4O2/c12-11-9(15(16)17)3-4-10(13-11)14-6-7-1-2-8(14)5-7/h3-4,7-8H,1-2,5-6H2,(H2,12,13). The van der Waals surface area contributed by atoms with E-state index in [9.17, 15) is 10.1 Å². The first-order valence-electron chi connectivity index (χ1n) is 5.82. The second kappa shape index (κ2) is 3.58. The average Bonchev–Trinajstić information content (AvgIpc) is 2.89. The van der Waals surface area contributed by atoms with E-state index < -0.39 is 4.92 Å². The zero-order chi connectivity index (χ0) is 12.0. The van der Waals surface area contributed by atoms with Crippen LogP contribution in [0, 0.1) is 16.0 Å². The molecule has 1 aliphatic carbocycles. The molecule has 1 saturated heterocycles. The van der Waals surface area contributed by atoms with Crippen LogP contribution in [0.4, 0.5) is 17.3 Å². The highest BCUT2D eigenvalue weighted by atomic mass is 16.6. The summed E-state index contributed by atoms with van der Waals surface area (Å²) in [5, 5.41) is 10.7. The molecule has 0 aromatic carbocycles. The lowest BCUT2D eigenvalue weighted by atomic mass is 10.1. The predicted octanol–water partition coefficient (Wildman–Crippen LogP) is 1.56. The molecule has 1 aliphatic heterocycles. The van der Waals surface area contributed by atoms with Gasteiger partial charge in [0.05, 0.1) is 4.92 Å². The number of nitrogens with zero attached hydrogens (tertiary/aromatic N) is 3. The largest absolute Gasteiger partial charge is 0.378 e. The van der Waals surface area contributed by atoms with E-state index >= 15 is 0 Å². The van der Waals surface area contributed by atoms with E-state index in [1.807, 2.05) is 0 Å². The topological polar surface area (TPSA) is 85.3 Å². The molecule has 2 bridgehead atoms. The van der Waals surface area contributed by atoms with Crippen LogP contribution in [-0.4, -0.2) is 22.5 Å². The molecule has 2 unspecified atom stereocenters. The van der Waals surface area contributed by atoms with Crippen molar-refractivity contribution in [3.8, 4) is 0 Å². The zero-order valence-electron chi connectivity index (χ0n) is 9.37. The molecule has 17 heavy (non-hydrogen) atoms. The molecule has 2 fully saturated rings. The Labute approximate surface area is 98.6 Å². The molecule has 2 aliphatic rings. The van der Waals surface area contributed by atoms with Gasteiger partial charge in [-0.05, 0) is 31.2 Å². The molecule has 6 nitrogen and oxygen atoms in total. The van der Waals surface area contributed by atoms with Crippen molar-refractivity contribution in [2.24, 2.45) is 5.92 Å². The number of piperidine rings is 1. The van der Waals surface area contributed by atoms with Crippen LogP contribution < -0.4 is 10.6 Å². The first-order chi connectivity index (χ1) is 8.15. The Kier molecular flexibility index (Phi) is 2.17.